The number of amides is 2. The fraction of sp³-hybridized carbons (Fsp3) is 0.625. The molecule has 4 unspecified atom stereocenters. The summed E-state index contributed by atoms with van der Waals surface area (Å²) in [4.78, 5) is 41.2. The van der Waals surface area contributed by atoms with Crippen LogP contribution in [0.2, 0.25) is 0 Å². The highest BCUT2D eigenvalue weighted by Crippen LogP contribution is 2.53. The highest BCUT2D eigenvalue weighted by atomic mass is 16.4. The van der Waals surface area contributed by atoms with Crippen molar-refractivity contribution in [1.82, 2.24) is 10.2 Å². The Bertz CT molecular complexity index is 901. The Labute approximate surface area is 182 Å². The Morgan fingerprint density at radius 1 is 1.13 bits per heavy atom. The topological polar surface area (TPSA) is 107 Å². The molecule has 4 atom stereocenters. The molecule has 7 heteroatoms. The molecule has 1 aromatic carbocycles. The van der Waals surface area contributed by atoms with Gasteiger partial charge in [0.2, 0.25) is 11.8 Å². The van der Waals surface area contributed by atoms with Gasteiger partial charge in [-0.2, -0.15) is 0 Å². The van der Waals surface area contributed by atoms with Gasteiger partial charge in [-0.25, -0.2) is 0 Å². The SMILES string of the molecule is CC(C)(C)N1C(=O)C2C(c3ccccc3O)NC(CC3CCCCC3)(C(=O)O)C2C1=O. The molecule has 1 aromatic rings. The van der Waals surface area contributed by atoms with Gasteiger partial charge in [0.1, 0.15) is 11.3 Å². The summed E-state index contributed by atoms with van der Waals surface area (Å²) in [7, 11) is 0. The van der Waals surface area contributed by atoms with Crippen molar-refractivity contribution in [3.05, 3.63) is 29.8 Å². The summed E-state index contributed by atoms with van der Waals surface area (Å²) in [6.45, 7) is 5.36. The zero-order valence-corrected chi connectivity index (χ0v) is 18.4. The average Bonchev–Trinajstić information content (AvgIpc) is 3.17. The van der Waals surface area contributed by atoms with Crippen LogP contribution in [0.25, 0.3) is 0 Å². The number of fused-ring (bicyclic) bond motifs is 1. The number of aliphatic carboxylic acids is 1. The van der Waals surface area contributed by atoms with E-state index in [2.05, 4.69) is 5.32 Å². The number of nitrogens with one attached hydrogen (secondary N) is 1. The van der Waals surface area contributed by atoms with E-state index in [-0.39, 0.29) is 17.6 Å². The molecule has 7 nitrogen and oxygen atoms in total. The zero-order chi connectivity index (χ0) is 22.6. The van der Waals surface area contributed by atoms with Crippen LogP contribution in [-0.2, 0) is 14.4 Å². The van der Waals surface area contributed by atoms with Crippen LogP contribution in [0.1, 0.15) is 70.9 Å². The maximum Gasteiger partial charge on any atom is 0.324 e. The second-order valence-electron chi connectivity index (χ2n) is 10.4. The number of rotatable bonds is 4. The van der Waals surface area contributed by atoms with Crippen molar-refractivity contribution < 1.29 is 24.6 Å². The third-order valence-electron chi connectivity index (χ3n) is 7.31. The molecule has 0 aromatic heterocycles. The van der Waals surface area contributed by atoms with Crippen LogP contribution >= 0.6 is 0 Å². The summed E-state index contributed by atoms with van der Waals surface area (Å²) in [5.41, 5.74) is -1.83. The number of carbonyl (C=O) groups is 3. The van der Waals surface area contributed by atoms with E-state index in [0.717, 1.165) is 32.1 Å². The first-order chi connectivity index (χ1) is 14.6. The minimum atomic E-state index is -1.54. The molecule has 0 radical (unpaired) electrons. The van der Waals surface area contributed by atoms with Crippen molar-refractivity contribution in [1.29, 1.82) is 0 Å². The number of aromatic hydroxyl groups is 1. The van der Waals surface area contributed by atoms with E-state index in [1.807, 2.05) is 0 Å². The van der Waals surface area contributed by atoms with E-state index >= 15 is 0 Å². The summed E-state index contributed by atoms with van der Waals surface area (Å²) in [5, 5.41) is 24.2. The molecule has 2 amide bonds. The van der Waals surface area contributed by atoms with Crippen molar-refractivity contribution in [2.24, 2.45) is 17.8 Å². The third-order valence-corrected chi connectivity index (χ3v) is 7.31. The Morgan fingerprint density at radius 3 is 2.35 bits per heavy atom. The summed E-state index contributed by atoms with van der Waals surface area (Å²) in [6.07, 6.45) is 5.42. The smallest absolute Gasteiger partial charge is 0.324 e. The molecule has 168 valence electrons. The van der Waals surface area contributed by atoms with Gasteiger partial charge in [-0.15, -0.1) is 0 Å². The number of carboxylic acid groups (broad SMARTS) is 1. The van der Waals surface area contributed by atoms with Crippen molar-refractivity contribution >= 4 is 17.8 Å². The van der Waals surface area contributed by atoms with Gasteiger partial charge in [0, 0.05) is 17.1 Å². The molecule has 4 rings (SSSR count). The number of carbonyl (C=O) groups excluding carboxylic acids is 2. The number of nitrogens with zero attached hydrogens (tertiary/aromatic N) is 1. The van der Waals surface area contributed by atoms with Gasteiger partial charge in [-0.3, -0.25) is 24.6 Å². The molecule has 31 heavy (non-hydrogen) atoms. The Morgan fingerprint density at radius 2 is 1.77 bits per heavy atom. The first-order valence-electron chi connectivity index (χ1n) is 11.2. The van der Waals surface area contributed by atoms with E-state index in [1.54, 1.807) is 39.0 Å². The number of hydrogen-bond donors (Lipinski definition) is 3. The van der Waals surface area contributed by atoms with Gasteiger partial charge < -0.3 is 10.2 Å². The van der Waals surface area contributed by atoms with Gasteiger partial charge in [0.15, 0.2) is 0 Å². The number of phenolic OH excluding ortho intramolecular Hbond substituents is 1. The number of phenols is 1. The summed E-state index contributed by atoms with van der Waals surface area (Å²) >= 11 is 0. The maximum atomic E-state index is 13.6. The quantitative estimate of drug-likeness (QED) is 0.636. The summed E-state index contributed by atoms with van der Waals surface area (Å²) in [6, 6.07) is 5.91. The predicted molar refractivity (Wildman–Crippen MR) is 114 cm³/mol. The molecular weight excluding hydrogens is 396 g/mol. The molecule has 3 N–H and O–H groups in total. The van der Waals surface area contributed by atoms with Crippen LogP contribution in [0.5, 0.6) is 5.75 Å². The van der Waals surface area contributed by atoms with E-state index in [9.17, 15) is 24.6 Å². The highest BCUT2D eigenvalue weighted by Gasteiger charge is 2.69. The number of hydrogen-bond acceptors (Lipinski definition) is 5. The molecule has 1 aliphatic carbocycles. The minimum absolute atomic E-state index is 0.00735. The lowest BCUT2D eigenvalue weighted by molar-refractivity contribution is -0.154. The predicted octanol–water partition coefficient (Wildman–Crippen LogP) is 3.23. The Balaban J connectivity index is 1.83. The van der Waals surface area contributed by atoms with Gasteiger partial charge >= 0.3 is 5.97 Å². The first kappa shape index (κ1) is 21.8. The lowest BCUT2D eigenvalue weighted by Gasteiger charge is -2.37. The van der Waals surface area contributed by atoms with Crippen LogP contribution in [0, 0.1) is 17.8 Å². The fourth-order valence-corrected chi connectivity index (χ4v) is 6.00. The van der Waals surface area contributed by atoms with E-state index in [4.69, 9.17) is 0 Å². The molecule has 0 spiro atoms. The number of benzene rings is 1. The van der Waals surface area contributed by atoms with Crippen LogP contribution in [0.4, 0.5) is 0 Å². The number of likely N-dealkylation sites (tertiary alicyclic amines) is 1. The van der Waals surface area contributed by atoms with Gasteiger partial charge in [-0.1, -0.05) is 50.3 Å². The molecule has 3 aliphatic rings. The minimum Gasteiger partial charge on any atom is -0.508 e. The van der Waals surface area contributed by atoms with Gasteiger partial charge in [0.25, 0.3) is 0 Å². The molecular formula is C24H32N2O5. The van der Waals surface area contributed by atoms with Gasteiger partial charge in [-0.05, 0) is 39.2 Å². The monoisotopic (exact) mass is 428 g/mol. The highest BCUT2D eigenvalue weighted by molar-refractivity contribution is 6.10. The Hall–Kier alpha value is -2.41. The standard InChI is InChI=1S/C24H32N2O5/c1-23(2,3)26-20(28)17-18(21(26)29)24(22(30)31,13-14-9-5-4-6-10-14)25-19(17)15-11-7-8-12-16(15)27/h7-8,11-12,14,17-19,25,27H,4-6,9-10,13H2,1-3H3,(H,30,31). The van der Waals surface area contributed by atoms with Crippen molar-refractivity contribution in [2.75, 3.05) is 0 Å². The lowest BCUT2D eigenvalue weighted by Crippen LogP contribution is -2.58. The lowest BCUT2D eigenvalue weighted by atomic mass is 9.72. The molecule has 0 bridgehead atoms. The summed E-state index contributed by atoms with van der Waals surface area (Å²) in [5.74, 6) is -3.56. The van der Waals surface area contributed by atoms with Crippen molar-refractivity contribution in [3.63, 3.8) is 0 Å². The Kier molecular flexibility index (Phi) is 5.36. The van der Waals surface area contributed by atoms with E-state index in [0.29, 0.717) is 12.0 Å². The van der Waals surface area contributed by atoms with Gasteiger partial charge in [0.05, 0.1) is 11.8 Å². The second-order valence-corrected chi connectivity index (χ2v) is 10.4. The maximum absolute atomic E-state index is 13.6. The summed E-state index contributed by atoms with van der Waals surface area (Å²) < 4.78 is 0. The third kappa shape index (κ3) is 3.43. The molecule has 3 fully saturated rings. The van der Waals surface area contributed by atoms with Crippen molar-refractivity contribution in [3.8, 4) is 5.75 Å². The number of imide groups is 1. The van der Waals surface area contributed by atoms with E-state index in [1.165, 1.54) is 11.0 Å². The van der Waals surface area contributed by atoms with E-state index < -0.39 is 40.8 Å². The fourth-order valence-electron chi connectivity index (χ4n) is 6.00. The van der Waals surface area contributed by atoms with Crippen LogP contribution < -0.4 is 5.32 Å². The first-order valence-corrected chi connectivity index (χ1v) is 11.2. The molecule has 2 saturated heterocycles. The molecule has 1 saturated carbocycles. The zero-order valence-electron chi connectivity index (χ0n) is 18.4. The number of carboxylic acids is 1. The largest absolute Gasteiger partial charge is 0.508 e. The number of para-hydroxylation sites is 1. The van der Waals surface area contributed by atoms with Crippen LogP contribution in [-0.4, -0.2) is 44.0 Å². The van der Waals surface area contributed by atoms with Crippen molar-refractivity contribution in [2.45, 2.75) is 76.4 Å². The molecule has 2 aliphatic heterocycles. The molecule has 2 heterocycles. The second kappa shape index (κ2) is 7.62. The average molecular weight is 429 g/mol. The van der Waals surface area contributed by atoms with Crippen LogP contribution in [0.3, 0.4) is 0 Å². The van der Waals surface area contributed by atoms with Crippen LogP contribution in [0.15, 0.2) is 24.3 Å². The normalized spacial score (nSPS) is 31.8.